The molecule has 0 fully saturated rings. The monoisotopic (exact) mass is 326 g/mol. The molecule has 1 N–H and O–H groups in total. The third kappa shape index (κ3) is 3.12. The van der Waals surface area contributed by atoms with Gasteiger partial charge >= 0.3 is 0 Å². The van der Waals surface area contributed by atoms with Crippen LogP contribution in [0.25, 0.3) is 11.3 Å². The molecular formula is C18H15ClN2O2. The fourth-order valence-corrected chi connectivity index (χ4v) is 2.62. The van der Waals surface area contributed by atoms with E-state index < -0.39 is 0 Å². The van der Waals surface area contributed by atoms with Crippen LogP contribution in [0.3, 0.4) is 0 Å². The molecule has 0 bridgehead atoms. The number of carbonyl (C=O) groups excluding carboxylic acids is 1. The zero-order valence-electron chi connectivity index (χ0n) is 12.8. The number of hydrogen-bond donors (Lipinski definition) is 1. The number of aryl methyl sites for hydroxylation is 2. The average Bonchev–Trinajstić information content (AvgIpc) is 2.89. The maximum Gasteiger partial charge on any atom is 0.261 e. The summed E-state index contributed by atoms with van der Waals surface area (Å²) in [6.07, 6.45) is 0. The molecule has 3 rings (SSSR count). The smallest absolute Gasteiger partial charge is 0.261 e. The number of hydrogen-bond acceptors (Lipinski definition) is 3. The van der Waals surface area contributed by atoms with Crippen molar-refractivity contribution < 1.29 is 9.32 Å². The van der Waals surface area contributed by atoms with E-state index in [-0.39, 0.29) is 5.91 Å². The van der Waals surface area contributed by atoms with Gasteiger partial charge in [-0.25, -0.2) is 0 Å². The van der Waals surface area contributed by atoms with Crippen LogP contribution in [-0.4, -0.2) is 11.1 Å². The Balaban J connectivity index is 1.99. The molecule has 1 heterocycles. The van der Waals surface area contributed by atoms with Crippen LogP contribution in [0.5, 0.6) is 0 Å². The second-order valence-corrected chi connectivity index (χ2v) is 5.67. The largest absolute Gasteiger partial charge is 0.360 e. The molecule has 0 aliphatic rings. The summed E-state index contributed by atoms with van der Waals surface area (Å²) in [7, 11) is 0. The minimum Gasteiger partial charge on any atom is -0.360 e. The number of carbonyl (C=O) groups is 1. The van der Waals surface area contributed by atoms with E-state index in [4.69, 9.17) is 16.1 Å². The van der Waals surface area contributed by atoms with Crippen LogP contribution in [0.15, 0.2) is 53.1 Å². The molecule has 0 unspecified atom stereocenters. The molecule has 0 aliphatic heterocycles. The van der Waals surface area contributed by atoms with Gasteiger partial charge in [-0.3, -0.25) is 4.79 Å². The molecule has 0 radical (unpaired) electrons. The molecule has 0 aliphatic carbocycles. The van der Waals surface area contributed by atoms with Crippen molar-refractivity contribution in [1.29, 1.82) is 0 Å². The number of nitrogens with one attached hydrogen (secondary N) is 1. The highest BCUT2D eigenvalue weighted by Gasteiger charge is 2.23. The zero-order valence-corrected chi connectivity index (χ0v) is 13.5. The van der Waals surface area contributed by atoms with E-state index in [0.29, 0.717) is 27.6 Å². The molecule has 0 saturated carbocycles. The summed E-state index contributed by atoms with van der Waals surface area (Å²) in [5.74, 6) is 0.175. The van der Waals surface area contributed by atoms with Crippen molar-refractivity contribution in [2.75, 3.05) is 5.32 Å². The number of anilines is 1. The standard InChI is InChI=1S/C18H15ClN2O2/c1-11-6-5-7-13(10-11)20-18(22)16-12(2)23-21-17(16)14-8-3-4-9-15(14)19/h3-10H,1-2H3,(H,20,22). The molecule has 1 amide bonds. The Kier molecular flexibility index (Phi) is 4.17. The summed E-state index contributed by atoms with van der Waals surface area (Å²) in [6, 6.07) is 14.8. The van der Waals surface area contributed by atoms with Gasteiger partial charge in [0, 0.05) is 11.3 Å². The Morgan fingerprint density at radius 3 is 2.65 bits per heavy atom. The molecule has 5 heteroatoms. The van der Waals surface area contributed by atoms with Crippen LogP contribution < -0.4 is 5.32 Å². The first kappa shape index (κ1) is 15.3. The summed E-state index contributed by atoms with van der Waals surface area (Å²) < 4.78 is 5.22. The SMILES string of the molecule is Cc1cccc(NC(=O)c2c(-c3ccccc3Cl)noc2C)c1. The molecule has 1 aromatic heterocycles. The lowest BCUT2D eigenvalue weighted by Gasteiger charge is -2.07. The average molecular weight is 327 g/mol. The third-order valence-corrected chi connectivity index (χ3v) is 3.82. The fourth-order valence-electron chi connectivity index (χ4n) is 2.39. The van der Waals surface area contributed by atoms with Crippen LogP contribution in [0.2, 0.25) is 5.02 Å². The van der Waals surface area contributed by atoms with Crippen molar-refractivity contribution in [3.63, 3.8) is 0 Å². The van der Waals surface area contributed by atoms with Crippen molar-refractivity contribution in [2.45, 2.75) is 13.8 Å². The van der Waals surface area contributed by atoms with Crippen molar-refractivity contribution in [3.8, 4) is 11.3 Å². The quantitative estimate of drug-likeness (QED) is 0.747. The lowest BCUT2D eigenvalue weighted by atomic mass is 10.1. The molecule has 116 valence electrons. The van der Waals surface area contributed by atoms with Gasteiger partial charge in [0.25, 0.3) is 5.91 Å². The lowest BCUT2D eigenvalue weighted by Crippen LogP contribution is -2.13. The second-order valence-electron chi connectivity index (χ2n) is 5.27. The minimum atomic E-state index is -0.274. The van der Waals surface area contributed by atoms with E-state index in [1.807, 2.05) is 49.4 Å². The first-order chi connectivity index (χ1) is 11.1. The van der Waals surface area contributed by atoms with Gasteiger partial charge < -0.3 is 9.84 Å². The van der Waals surface area contributed by atoms with Gasteiger partial charge in [-0.2, -0.15) is 0 Å². The molecule has 4 nitrogen and oxygen atoms in total. The van der Waals surface area contributed by atoms with Crippen LogP contribution in [0.4, 0.5) is 5.69 Å². The predicted molar refractivity (Wildman–Crippen MR) is 90.8 cm³/mol. The van der Waals surface area contributed by atoms with Crippen LogP contribution in [0, 0.1) is 13.8 Å². The Morgan fingerprint density at radius 2 is 1.91 bits per heavy atom. The van der Waals surface area contributed by atoms with Gasteiger partial charge in [0.15, 0.2) is 0 Å². The van der Waals surface area contributed by atoms with Crippen LogP contribution in [0.1, 0.15) is 21.7 Å². The van der Waals surface area contributed by atoms with Crippen LogP contribution >= 0.6 is 11.6 Å². The van der Waals surface area contributed by atoms with E-state index in [0.717, 1.165) is 11.3 Å². The third-order valence-electron chi connectivity index (χ3n) is 3.49. The maximum atomic E-state index is 12.7. The summed E-state index contributed by atoms with van der Waals surface area (Å²) in [5.41, 5.74) is 3.29. The Morgan fingerprint density at radius 1 is 1.13 bits per heavy atom. The van der Waals surface area contributed by atoms with E-state index in [1.165, 1.54) is 0 Å². The number of aromatic nitrogens is 1. The first-order valence-corrected chi connectivity index (χ1v) is 7.53. The number of rotatable bonds is 3. The highest BCUT2D eigenvalue weighted by atomic mass is 35.5. The van der Waals surface area contributed by atoms with E-state index in [2.05, 4.69) is 10.5 Å². The molecule has 3 aromatic rings. The Hall–Kier alpha value is -2.59. The van der Waals surface area contributed by atoms with Crippen molar-refractivity contribution >= 4 is 23.2 Å². The van der Waals surface area contributed by atoms with Crippen molar-refractivity contribution in [3.05, 3.63) is 70.4 Å². The number of amides is 1. The molecule has 0 spiro atoms. The fraction of sp³-hybridized carbons (Fsp3) is 0.111. The number of halogens is 1. The van der Waals surface area contributed by atoms with Gasteiger partial charge in [0.05, 0.1) is 5.02 Å². The maximum absolute atomic E-state index is 12.7. The van der Waals surface area contributed by atoms with Gasteiger partial charge in [-0.05, 0) is 37.6 Å². The molecule has 23 heavy (non-hydrogen) atoms. The number of nitrogens with zero attached hydrogens (tertiary/aromatic N) is 1. The summed E-state index contributed by atoms with van der Waals surface area (Å²) in [4.78, 5) is 12.7. The Bertz CT molecular complexity index is 871. The summed E-state index contributed by atoms with van der Waals surface area (Å²) in [5, 5.41) is 7.40. The van der Waals surface area contributed by atoms with Crippen molar-refractivity contribution in [1.82, 2.24) is 5.16 Å². The van der Waals surface area contributed by atoms with E-state index in [9.17, 15) is 4.79 Å². The summed E-state index contributed by atoms with van der Waals surface area (Å²) in [6.45, 7) is 3.67. The van der Waals surface area contributed by atoms with E-state index >= 15 is 0 Å². The van der Waals surface area contributed by atoms with Gasteiger partial charge in [-0.15, -0.1) is 0 Å². The normalized spacial score (nSPS) is 10.6. The van der Waals surface area contributed by atoms with Gasteiger partial charge in [0.1, 0.15) is 17.0 Å². The zero-order chi connectivity index (χ0) is 16.4. The predicted octanol–water partition coefficient (Wildman–Crippen LogP) is 4.86. The van der Waals surface area contributed by atoms with Crippen LogP contribution in [-0.2, 0) is 0 Å². The molecule has 0 atom stereocenters. The number of benzene rings is 2. The molecule has 0 saturated heterocycles. The Labute approximate surface area is 139 Å². The highest BCUT2D eigenvalue weighted by molar-refractivity contribution is 6.33. The van der Waals surface area contributed by atoms with Gasteiger partial charge in [-0.1, -0.05) is 47.1 Å². The van der Waals surface area contributed by atoms with Gasteiger partial charge in [0.2, 0.25) is 0 Å². The summed E-state index contributed by atoms with van der Waals surface area (Å²) >= 11 is 6.21. The van der Waals surface area contributed by atoms with E-state index in [1.54, 1.807) is 13.0 Å². The lowest BCUT2D eigenvalue weighted by molar-refractivity contribution is 0.102. The first-order valence-electron chi connectivity index (χ1n) is 7.15. The second kappa shape index (κ2) is 6.26. The van der Waals surface area contributed by atoms with Crippen molar-refractivity contribution in [2.24, 2.45) is 0 Å². The topological polar surface area (TPSA) is 55.1 Å². The highest BCUT2D eigenvalue weighted by Crippen LogP contribution is 2.31. The molecule has 2 aromatic carbocycles. The molecular weight excluding hydrogens is 312 g/mol. The minimum absolute atomic E-state index is 0.274.